The monoisotopic (exact) mass is 373 g/mol. The molecule has 138 valence electrons. The highest BCUT2D eigenvalue weighted by Crippen LogP contribution is 2.31. The van der Waals surface area contributed by atoms with Gasteiger partial charge < -0.3 is 4.90 Å². The van der Waals surface area contributed by atoms with E-state index in [2.05, 4.69) is 9.71 Å². The summed E-state index contributed by atoms with van der Waals surface area (Å²) in [7, 11) is -3.32. The number of carbonyl (C=O) groups excluding carboxylic acids is 1. The van der Waals surface area contributed by atoms with E-state index in [1.807, 2.05) is 23.1 Å². The van der Waals surface area contributed by atoms with Gasteiger partial charge in [0.05, 0.1) is 17.5 Å². The van der Waals surface area contributed by atoms with Crippen LogP contribution in [0.3, 0.4) is 0 Å². The Bertz CT molecular complexity index is 851. The lowest BCUT2D eigenvalue weighted by Gasteiger charge is -2.35. The summed E-state index contributed by atoms with van der Waals surface area (Å²) in [4.78, 5) is 19.3. The average molecular weight is 373 g/mol. The Morgan fingerprint density at radius 2 is 1.96 bits per heavy atom. The van der Waals surface area contributed by atoms with Crippen LogP contribution in [0.25, 0.3) is 0 Å². The van der Waals surface area contributed by atoms with Gasteiger partial charge in [0.25, 0.3) is 5.91 Å². The van der Waals surface area contributed by atoms with Crippen molar-refractivity contribution in [2.45, 2.75) is 32.2 Å². The van der Waals surface area contributed by atoms with Gasteiger partial charge in [0.1, 0.15) is 0 Å². The van der Waals surface area contributed by atoms with Crippen molar-refractivity contribution in [1.29, 1.82) is 0 Å². The molecule has 1 aromatic carbocycles. The molecule has 1 amide bonds. The molecule has 2 aromatic rings. The van der Waals surface area contributed by atoms with E-state index in [1.165, 1.54) is 0 Å². The fourth-order valence-corrected chi connectivity index (χ4v) is 3.79. The summed E-state index contributed by atoms with van der Waals surface area (Å²) in [5, 5.41) is 0. The van der Waals surface area contributed by atoms with Gasteiger partial charge in [-0.1, -0.05) is 6.07 Å². The molecule has 1 aliphatic rings. The zero-order chi connectivity index (χ0) is 18.6. The first kappa shape index (κ1) is 18.4. The number of sulfonamides is 1. The molecular formula is C19H23N3O3S. The molecular weight excluding hydrogens is 350 g/mol. The van der Waals surface area contributed by atoms with Crippen LogP contribution in [0.15, 0.2) is 48.7 Å². The van der Waals surface area contributed by atoms with Gasteiger partial charge >= 0.3 is 0 Å². The van der Waals surface area contributed by atoms with Gasteiger partial charge in [0.2, 0.25) is 10.0 Å². The largest absolute Gasteiger partial charge is 0.330 e. The second-order valence-corrected chi connectivity index (χ2v) is 8.36. The van der Waals surface area contributed by atoms with E-state index in [1.54, 1.807) is 37.4 Å². The first-order valence-electron chi connectivity index (χ1n) is 8.82. The number of piperidine rings is 1. The number of amides is 1. The Kier molecular flexibility index (Phi) is 5.56. The molecule has 7 heteroatoms. The summed E-state index contributed by atoms with van der Waals surface area (Å²) in [6.07, 6.45) is 4.70. The third kappa shape index (κ3) is 4.22. The predicted molar refractivity (Wildman–Crippen MR) is 101 cm³/mol. The summed E-state index contributed by atoms with van der Waals surface area (Å²) >= 11 is 0. The van der Waals surface area contributed by atoms with Gasteiger partial charge in [-0.3, -0.25) is 14.5 Å². The Labute approximate surface area is 154 Å². The fourth-order valence-electron chi connectivity index (χ4n) is 3.15. The molecule has 3 rings (SSSR count). The fraction of sp³-hybridized carbons (Fsp3) is 0.368. The van der Waals surface area contributed by atoms with Crippen LogP contribution < -0.4 is 4.72 Å². The SMILES string of the molecule is CCS(=O)(=O)Nc1ccc(C(=O)N2CCCC[C@H]2c2ccccn2)cc1. The van der Waals surface area contributed by atoms with Crippen molar-refractivity contribution in [2.24, 2.45) is 0 Å². The molecule has 6 nitrogen and oxygen atoms in total. The third-order valence-electron chi connectivity index (χ3n) is 4.58. The summed E-state index contributed by atoms with van der Waals surface area (Å²) in [5.41, 5.74) is 1.92. The van der Waals surface area contributed by atoms with Gasteiger partial charge in [-0.2, -0.15) is 0 Å². The second kappa shape index (κ2) is 7.86. The minimum atomic E-state index is -3.32. The first-order chi connectivity index (χ1) is 12.5. The van der Waals surface area contributed by atoms with E-state index in [-0.39, 0.29) is 17.7 Å². The lowest BCUT2D eigenvalue weighted by molar-refractivity contribution is 0.0606. The summed E-state index contributed by atoms with van der Waals surface area (Å²) in [5.74, 6) is -0.0435. The maximum Gasteiger partial charge on any atom is 0.254 e. The number of carbonyl (C=O) groups is 1. The van der Waals surface area contributed by atoms with Gasteiger partial charge in [0.15, 0.2) is 0 Å². The Morgan fingerprint density at radius 3 is 2.62 bits per heavy atom. The molecule has 1 atom stereocenters. The summed E-state index contributed by atoms with van der Waals surface area (Å²) in [6.45, 7) is 2.28. The number of likely N-dealkylation sites (tertiary alicyclic amines) is 1. The van der Waals surface area contributed by atoms with E-state index >= 15 is 0 Å². The molecule has 1 N–H and O–H groups in total. The minimum absolute atomic E-state index is 0.00716. The van der Waals surface area contributed by atoms with Gasteiger partial charge in [-0.05, 0) is 62.6 Å². The number of rotatable bonds is 5. The van der Waals surface area contributed by atoms with Crippen LogP contribution in [0.4, 0.5) is 5.69 Å². The highest BCUT2D eigenvalue weighted by molar-refractivity contribution is 7.92. The van der Waals surface area contributed by atoms with E-state index < -0.39 is 10.0 Å². The van der Waals surface area contributed by atoms with Crippen LogP contribution >= 0.6 is 0 Å². The van der Waals surface area contributed by atoms with E-state index in [9.17, 15) is 13.2 Å². The first-order valence-corrected chi connectivity index (χ1v) is 10.5. The zero-order valence-corrected chi connectivity index (χ0v) is 15.6. The normalized spacial score (nSPS) is 17.7. The quantitative estimate of drug-likeness (QED) is 0.873. The van der Waals surface area contributed by atoms with Crippen LogP contribution in [0.2, 0.25) is 0 Å². The number of hydrogen-bond acceptors (Lipinski definition) is 4. The Hall–Kier alpha value is -2.41. The van der Waals surface area contributed by atoms with Crippen LogP contribution in [0.5, 0.6) is 0 Å². The zero-order valence-electron chi connectivity index (χ0n) is 14.8. The predicted octanol–water partition coefficient (Wildman–Crippen LogP) is 3.21. The smallest absolute Gasteiger partial charge is 0.254 e. The Balaban J connectivity index is 1.79. The van der Waals surface area contributed by atoms with Crippen LogP contribution in [0.1, 0.15) is 48.3 Å². The molecule has 1 saturated heterocycles. The van der Waals surface area contributed by atoms with Crippen LogP contribution in [-0.4, -0.2) is 36.5 Å². The van der Waals surface area contributed by atoms with E-state index in [0.717, 1.165) is 25.0 Å². The molecule has 0 radical (unpaired) electrons. The molecule has 0 bridgehead atoms. The minimum Gasteiger partial charge on any atom is -0.330 e. The third-order valence-corrected chi connectivity index (χ3v) is 5.88. The van der Waals surface area contributed by atoms with Crippen LogP contribution in [0, 0.1) is 0 Å². The molecule has 1 aromatic heterocycles. The molecule has 0 aliphatic carbocycles. The number of pyridine rings is 1. The number of anilines is 1. The number of aromatic nitrogens is 1. The standard InChI is InChI=1S/C19H23N3O3S/c1-2-26(24,25)21-16-11-9-15(10-12-16)19(23)22-14-6-4-8-18(22)17-7-3-5-13-20-17/h3,5,7,9-13,18,21H,2,4,6,8,14H2,1H3/t18-/m0/s1. The highest BCUT2D eigenvalue weighted by atomic mass is 32.2. The lowest BCUT2D eigenvalue weighted by atomic mass is 9.97. The average Bonchev–Trinajstić information content (AvgIpc) is 2.68. The highest BCUT2D eigenvalue weighted by Gasteiger charge is 2.29. The van der Waals surface area contributed by atoms with Crippen molar-refractivity contribution in [3.05, 3.63) is 59.9 Å². The molecule has 2 heterocycles. The van der Waals surface area contributed by atoms with E-state index in [0.29, 0.717) is 17.8 Å². The summed E-state index contributed by atoms with van der Waals surface area (Å²) < 4.78 is 25.8. The van der Waals surface area contributed by atoms with Crippen LogP contribution in [-0.2, 0) is 10.0 Å². The van der Waals surface area contributed by atoms with Crippen molar-refractivity contribution in [3.63, 3.8) is 0 Å². The number of nitrogens with zero attached hydrogens (tertiary/aromatic N) is 2. The van der Waals surface area contributed by atoms with Crippen molar-refractivity contribution < 1.29 is 13.2 Å². The molecule has 0 spiro atoms. The molecule has 1 fully saturated rings. The van der Waals surface area contributed by atoms with Crippen molar-refractivity contribution in [3.8, 4) is 0 Å². The number of nitrogens with one attached hydrogen (secondary N) is 1. The molecule has 26 heavy (non-hydrogen) atoms. The van der Waals surface area contributed by atoms with Gasteiger partial charge in [-0.25, -0.2) is 8.42 Å². The van der Waals surface area contributed by atoms with E-state index in [4.69, 9.17) is 0 Å². The molecule has 0 saturated carbocycles. The number of benzene rings is 1. The maximum absolute atomic E-state index is 13.0. The summed E-state index contributed by atoms with van der Waals surface area (Å²) in [6, 6.07) is 12.3. The van der Waals surface area contributed by atoms with Gasteiger partial charge in [-0.15, -0.1) is 0 Å². The Morgan fingerprint density at radius 1 is 1.19 bits per heavy atom. The molecule has 0 unspecified atom stereocenters. The van der Waals surface area contributed by atoms with Crippen molar-refractivity contribution >= 4 is 21.6 Å². The number of hydrogen-bond donors (Lipinski definition) is 1. The second-order valence-electron chi connectivity index (χ2n) is 6.35. The lowest BCUT2D eigenvalue weighted by Crippen LogP contribution is -2.38. The maximum atomic E-state index is 13.0. The van der Waals surface area contributed by atoms with Crippen molar-refractivity contribution in [1.82, 2.24) is 9.88 Å². The van der Waals surface area contributed by atoms with Crippen molar-refractivity contribution in [2.75, 3.05) is 17.0 Å². The van der Waals surface area contributed by atoms with Gasteiger partial charge in [0, 0.05) is 24.0 Å². The topological polar surface area (TPSA) is 79.4 Å². The molecule has 1 aliphatic heterocycles.